The molecule has 2 aromatic rings. The topological polar surface area (TPSA) is 68.7 Å². The molecule has 0 radical (unpaired) electrons. The fourth-order valence-corrected chi connectivity index (χ4v) is 3.48. The average molecular weight is 355 g/mol. The second-order valence-electron chi connectivity index (χ2n) is 7.17. The standard InChI is InChI=1S/C21H25NO4/c1-13-14(2)19-17(7-8-21(4,26-19)9-11-23)15(3)18(13)25-20(24)16-6-5-10-22-12-16/h5-6,10,12,23H,7-9,11H2,1-4H3. The summed E-state index contributed by atoms with van der Waals surface area (Å²) in [5.41, 5.74) is 3.95. The second kappa shape index (κ2) is 7.08. The second-order valence-corrected chi connectivity index (χ2v) is 7.17. The van der Waals surface area contributed by atoms with E-state index in [2.05, 4.69) is 4.98 Å². The van der Waals surface area contributed by atoms with Crippen molar-refractivity contribution in [2.45, 2.75) is 52.6 Å². The molecule has 1 unspecified atom stereocenters. The van der Waals surface area contributed by atoms with Crippen molar-refractivity contribution in [3.63, 3.8) is 0 Å². The third-order valence-electron chi connectivity index (χ3n) is 5.30. The molecule has 0 amide bonds. The first-order valence-electron chi connectivity index (χ1n) is 8.91. The van der Waals surface area contributed by atoms with Crippen LogP contribution in [0.25, 0.3) is 0 Å². The van der Waals surface area contributed by atoms with E-state index in [-0.39, 0.29) is 12.2 Å². The quantitative estimate of drug-likeness (QED) is 0.669. The summed E-state index contributed by atoms with van der Waals surface area (Å²) in [5.74, 6) is 1.05. The molecule has 1 aliphatic heterocycles. The Bertz CT molecular complexity index is 832. The lowest BCUT2D eigenvalue weighted by atomic mass is 9.86. The van der Waals surface area contributed by atoms with Gasteiger partial charge >= 0.3 is 5.97 Å². The number of hydrogen-bond acceptors (Lipinski definition) is 5. The van der Waals surface area contributed by atoms with E-state index in [4.69, 9.17) is 9.47 Å². The Morgan fingerprint density at radius 1 is 1.31 bits per heavy atom. The summed E-state index contributed by atoms with van der Waals surface area (Å²) in [6.45, 7) is 8.03. The maximum Gasteiger partial charge on any atom is 0.345 e. The SMILES string of the molecule is Cc1c(C)c2c(c(C)c1OC(=O)c1cccnc1)CCC(C)(CCO)O2. The number of benzene rings is 1. The van der Waals surface area contributed by atoms with Crippen molar-refractivity contribution in [2.75, 3.05) is 6.61 Å². The zero-order valence-electron chi connectivity index (χ0n) is 15.8. The molecule has 1 aromatic heterocycles. The Kier molecular flexibility index (Phi) is 5.01. The number of nitrogens with zero attached hydrogens (tertiary/aromatic N) is 1. The summed E-state index contributed by atoms with van der Waals surface area (Å²) in [4.78, 5) is 16.4. The number of fused-ring (bicyclic) bond motifs is 1. The largest absolute Gasteiger partial charge is 0.487 e. The number of ether oxygens (including phenoxy) is 2. The van der Waals surface area contributed by atoms with Gasteiger partial charge in [0.15, 0.2) is 0 Å². The zero-order chi connectivity index (χ0) is 18.9. The number of rotatable bonds is 4. The van der Waals surface area contributed by atoms with Gasteiger partial charge in [-0.25, -0.2) is 4.79 Å². The van der Waals surface area contributed by atoms with Crippen LogP contribution in [0.3, 0.4) is 0 Å². The third-order valence-corrected chi connectivity index (χ3v) is 5.30. The van der Waals surface area contributed by atoms with Crippen LogP contribution in [0.15, 0.2) is 24.5 Å². The van der Waals surface area contributed by atoms with E-state index >= 15 is 0 Å². The molecule has 5 nitrogen and oxygen atoms in total. The number of hydrogen-bond donors (Lipinski definition) is 1. The van der Waals surface area contributed by atoms with Crippen molar-refractivity contribution >= 4 is 5.97 Å². The number of aliphatic hydroxyl groups is 1. The van der Waals surface area contributed by atoms with Crippen LogP contribution >= 0.6 is 0 Å². The molecule has 138 valence electrons. The number of esters is 1. The summed E-state index contributed by atoms with van der Waals surface area (Å²) >= 11 is 0. The first-order valence-corrected chi connectivity index (χ1v) is 8.91. The van der Waals surface area contributed by atoms with Crippen LogP contribution in [0.4, 0.5) is 0 Å². The maximum absolute atomic E-state index is 12.5. The van der Waals surface area contributed by atoms with Gasteiger partial charge in [-0.2, -0.15) is 0 Å². The predicted molar refractivity (Wildman–Crippen MR) is 98.9 cm³/mol. The lowest BCUT2D eigenvalue weighted by Gasteiger charge is -2.38. The molecule has 0 bridgehead atoms. The molecule has 1 aromatic carbocycles. The highest BCUT2D eigenvalue weighted by molar-refractivity contribution is 5.91. The van der Waals surface area contributed by atoms with Crippen LogP contribution < -0.4 is 9.47 Å². The van der Waals surface area contributed by atoms with Gasteiger partial charge < -0.3 is 14.6 Å². The number of carbonyl (C=O) groups is 1. The zero-order valence-corrected chi connectivity index (χ0v) is 15.8. The molecule has 1 aliphatic rings. The summed E-state index contributed by atoms with van der Waals surface area (Å²) < 4.78 is 12.0. The third kappa shape index (κ3) is 3.31. The molecule has 0 saturated carbocycles. The lowest BCUT2D eigenvalue weighted by Crippen LogP contribution is -2.38. The highest BCUT2D eigenvalue weighted by Crippen LogP contribution is 2.44. The van der Waals surface area contributed by atoms with Crippen molar-refractivity contribution in [1.29, 1.82) is 0 Å². The summed E-state index contributed by atoms with van der Waals surface area (Å²) in [7, 11) is 0. The molecule has 0 saturated heterocycles. The monoisotopic (exact) mass is 355 g/mol. The maximum atomic E-state index is 12.5. The van der Waals surface area contributed by atoms with Crippen LogP contribution in [0.5, 0.6) is 11.5 Å². The minimum absolute atomic E-state index is 0.101. The van der Waals surface area contributed by atoms with Crippen molar-refractivity contribution in [3.05, 3.63) is 52.3 Å². The van der Waals surface area contributed by atoms with Gasteiger partial charge in [0.05, 0.1) is 5.56 Å². The van der Waals surface area contributed by atoms with Crippen molar-refractivity contribution < 1.29 is 19.4 Å². The van der Waals surface area contributed by atoms with E-state index in [0.29, 0.717) is 17.7 Å². The Hall–Kier alpha value is -2.40. The van der Waals surface area contributed by atoms with Crippen molar-refractivity contribution in [2.24, 2.45) is 0 Å². The fourth-order valence-electron chi connectivity index (χ4n) is 3.48. The van der Waals surface area contributed by atoms with Crippen molar-refractivity contribution in [1.82, 2.24) is 4.98 Å². The molecular formula is C21H25NO4. The Labute approximate surface area is 154 Å². The fraction of sp³-hybridized carbons (Fsp3) is 0.429. The van der Waals surface area contributed by atoms with E-state index in [1.165, 1.54) is 6.20 Å². The van der Waals surface area contributed by atoms with Gasteiger partial charge in [-0.3, -0.25) is 4.98 Å². The Balaban J connectivity index is 1.97. The molecule has 3 rings (SSSR count). The van der Waals surface area contributed by atoms with Crippen LogP contribution in [0, 0.1) is 20.8 Å². The van der Waals surface area contributed by atoms with Gasteiger partial charge in [0.25, 0.3) is 0 Å². The number of carbonyl (C=O) groups excluding carboxylic acids is 1. The van der Waals surface area contributed by atoms with E-state index in [9.17, 15) is 9.90 Å². The Morgan fingerprint density at radius 3 is 2.73 bits per heavy atom. The first kappa shape index (κ1) is 18.4. The molecule has 1 N–H and O–H groups in total. The molecule has 2 heterocycles. The molecule has 0 fully saturated rings. The molecule has 0 spiro atoms. The lowest BCUT2D eigenvalue weighted by molar-refractivity contribution is 0.0376. The number of aromatic nitrogens is 1. The smallest absolute Gasteiger partial charge is 0.345 e. The van der Waals surface area contributed by atoms with Gasteiger partial charge in [-0.05, 0) is 69.4 Å². The van der Waals surface area contributed by atoms with Crippen LogP contribution in [0.2, 0.25) is 0 Å². The van der Waals surface area contributed by atoms with Gasteiger partial charge in [0.2, 0.25) is 0 Å². The number of pyridine rings is 1. The van der Waals surface area contributed by atoms with E-state index in [1.807, 2.05) is 27.7 Å². The first-order chi connectivity index (χ1) is 12.4. The van der Waals surface area contributed by atoms with Crippen LogP contribution in [0.1, 0.15) is 52.4 Å². The normalized spacial score (nSPS) is 18.8. The van der Waals surface area contributed by atoms with E-state index in [1.54, 1.807) is 18.3 Å². The molecule has 1 atom stereocenters. The molecular weight excluding hydrogens is 330 g/mol. The summed E-state index contributed by atoms with van der Waals surface area (Å²) in [6.07, 6.45) is 5.37. The minimum Gasteiger partial charge on any atom is -0.487 e. The minimum atomic E-state index is -0.412. The highest BCUT2D eigenvalue weighted by atomic mass is 16.5. The van der Waals surface area contributed by atoms with Crippen LogP contribution in [-0.2, 0) is 6.42 Å². The number of aliphatic hydroxyl groups excluding tert-OH is 1. The molecule has 0 aliphatic carbocycles. The van der Waals surface area contributed by atoms with Gasteiger partial charge in [-0.15, -0.1) is 0 Å². The summed E-state index contributed by atoms with van der Waals surface area (Å²) in [6, 6.07) is 3.40. The van der Waals surface area contributed by atoms with E-state index in [0.717, 1.165) is 40.8 Å². The Morgan fingerprint density at radius 2 is 2.08 bits per heavy atom. The van der Waals surface area contributed by atoms with E-state index < -0.39 is 5.97 Å². The highest BCUT2D eigenvalue weighted by Gasteiger charge is 2.34. The summed E-state index contributed by atoms with van der Waals surface area (Å²) in [5, 5.41) is 9.32. The van der Waals surface area contributed by atoms with Gasteiger partial charge in [0.1, 0.15) is 17.1 Å². The molecule has 5 heteroatoms. The average Bonchev–Trinajstić information content (AvgIpc) is 2.64. The molecule has 26 heavy (non-hydrogen) atoms. The predicted octanol–water partition coefficient (Wildman–Crippen LogP) is 3.69. The van der Waals surface area contributed by atoms with Crippen LogP contribution in [-0.4, -0.2) is 28.3 Å². The van der Waals surface area contributed by atoms with Gasteiger partial charge in [0, 0.05) is 31.0 Å². The van der Waals surface area contributed by atoms with Gasteiger partial charge in [-0.1, -0.05) is 0 Å². The van der Waals surface area contributed by atoms with Crippen molar-refractivity contribution in [3.8, 4) is 11.5 Å².